The number of nitrogens with zero attached hydrogens (tertiary/aromatic N) is 1. The third kappa shape index (κ3) is 1.52. The predicted octanol–water partition coefficient (Wildman–Crippen LogP) is 0.714. The number of rotatable bonds is 2. The molecule has 0 unspecified atom stereocenters. The molecule has 0 spiro atoms. The maximum Gasteiger partial charge on any atom is 0.215 e. The number of anilines is 2. The zero-order valence-electron chi connectivity index (χ0n) is 6.59. The van der Waals surface area contributed by atoms with Gasteiger partial charge in [-0.15, -0.1) is 0 Å². The molecule has 0 aliphatic rings. The second-order valence-corrected chi connectivity index (χ2v) is 2.06. The molecule has 0 aliphatic heterocycles. The smallest absolute Gasteiger partial charge is 0.215 e. The van der Waals surface area contributed by atoms with Gasteiger partial charge in [0, 0.05) is 13.1 Å². The van der Waals surface area contributed by atoms with Crippen molar-refractivity contribution in [3.05, 3.63) is 12.3 Å². The summed E-state index contributed by atoms with van der Waals surface area (Å²) in [4.78, 5) is 3.92. The first-order valence-electron chi connectivity index (χ1n) is 3.25. The average molecular weight is 153 g/mol. The summed E-state index contributed by atoms with van der Waals surface area (Å²) in [5.41, 5.74) is 7.02. The number of methoxy groups -OCH3 is 1. The SMILES string of the molecule is CNc1cc(OC)ncc1N. The highest BCUT2D eigenvalue weighted by Crippen LogP contribution is 2.20. The molecular formula is C7H11N3O. The summed E-state index contributed by atoms with van der Waals surface area (Å²) in [5, 5.41) is 2.92. The molecule has 0 bridgehead atoms. The Labute approximate surface area is 65.4 Å². The largest absolute Gasteiger partial charge is 0.481 e. The first-order valence-corrected chi connectivity index (χ1v) is 3.25. The van der Waals surface area contributed by atoms with E-state index in [2.05, 4.69) is 10.3 Å². The molecule has 1 aromatic heterocycles. The summed E-state index contributed by atoms with van der Waals surface area (Å²) >= 11 is 0. The maximum absolute atomic E-state index is 5.57. The van der Waals surface area contributed by atoms with Crippen LogP contribution >= 0.6 is 0 Å². The van der Waals surface area contributed by atoms with Gasteiger partial charge in [0.05, 0.1) is 24.7 Å². The zero-order valence-corrected chi connectivity index (χ0v) is 6.59. The fourth-order valence-corrected chi connectivity index (χ4v) is 0.775. The van der Waals surface area contributed by atoms with Gasteiger partial charge in [0.1, 0.15) is 0 Å². The van der Waals surface area contributed by atoms with Gasteiger partial charge in [-0.3, -0.25) is 0 Å². The summed E-state index contributed by atoms with van der Waals surface area (Å²) in [6.45, 7) is 0. The van der Waals surface area contributed by atoms with E-state index in [1.807, 2.05) is 0 Å². The number of pyridine rings is 1. The molecule has 0 fully saturated rings. The zero-order chi connectivity index (χ0) is 8.27. The summed E-state index contributed by atoms with van der Waals surface area (Å²) < 4.78 is 4.90. The molecule has 60 valence electrons. The minimum atomic E-state index is 0.559. The average Bonchev–Trinajstić information content (AvgIpc) is 2.05. The molecule has 0 saturated carbocycles. The summed E-state index contributed by atoms with van der Waals surface area (Å²) in [6.07, 6.45) is 1.56. The van der Waals surface area contributed by atoms with Crippen LogP contribution in [0.4, 0.5) is 11.4 Å². The van der Waals surface area contributed by atoms with Gasteiger partial charge in [-0.1, -0.05) is 0 Å². The first kappa shape index (κ1) is 7.65. The van der Waals surface area contributed by atoms with Crippen LogP contribution in [0.25, 0.3) is 0 Å². The normalized spacial score (nSPS) is 9.27. The molecule has 0 radical (unpaired) electrons. The van der Waals surface area contributed by atoms with Crippen molar-refractivity contribution in [2.24, 2.45) is 0 Å². The molecule has 1 rings (SSSR count). The molecule has 0 amide bonds. The van der Waals surface area contributed by atoms with E-state index in [0.717, 1.165) is 5.69 Å². The van der Waals surface area contributed by atoms with Crippen LogP contribution in [-0.4, -0.2) is 19.1 Å². The van der Waals surface area contributed by atoms with E-state index in [1.54, 1.807) is 26.4 Å². The minimum Gasteiger partial charge on any atom is -0.481 e. The molecular weight excluding hydrogens is 142 g/mol. The standard InChI is InChI=1S/C7H11N3O/c1-9-6-3-7(11-2)10-4-5(6)8/h3-4H,8H2,1-2H3,(H,9,10). The number of nitrogens with two attached hydrogens (primary N) is 1. The Morgan fingerprint density at radius 1 is 1.64 bits per heavy atom. The highest BCUT2D eigenvalue weighted by atomic mass is 16.5. The van der Waals surface area contributed by atoms with Gasteiger partial charge in [-0.05, 0) is 0 Å². The Morgan fingerprint density at radius 2 is 2.36 bits per heavy atom. The van der Waals surface area contributed by atoms with Crippen molar-refractivity contribution in [3.63, 3.8) is 0 Å². The van der Waals surface area contributed by atoms with Crippen LogP contribution in [-0.2, 0) is 0 Å². The van der Waals surface area contributed by atoms with Gasteiger partial charge in [0.15, 0.2) is 0 Å². The van der Waals surface area contributed by atoms with Crippen LogP contribution in [0.1, 0.15) is 0 Å². The highest BCUT2D eigenvalue weighted by molar-refractivity contribution is 5.65. The number of hydrogen-bond donors (Lipinski definition) is 2. The van der Waals surface area contributed by atoms with Crippen molar-refractivity contribution in [2.45, 2.75) is 0 Å². The molecule has 0 aromatic carbocycles. The van der Waals surface area contributed by atoms with Crippen LogP contribution < -0.4 is 15.8 Å². The van der Waals surface area contributed by atoms with Crippen molar-refractivity contribution in [1.29, 1.82) is 0 Å². The molecule has 3 N–H and O–H groups in total. The number of nitrogen functional groups attached to an aromatic ring is 1. The minimum absolute atomic E-state index is 0.559. The number of hydrogen-bond acceptors (Lipinski definition) is 4. The summed E-state index contributed by atoms with van der Waals surface area (Å²) in [6, 6.07) is 1.75. The van der Waals surface area contributed by atoms with Crippen molar-refractivity contribution in [3.8, 4) is 5.88 Å². The first-order chi connectivity index (χ1) is 5.27. The molecule has 4 heteroatoms. The fourth-order valence-electron chi connectivity index (χ4n) is 0.775. The number of ether oxygens (including phenoxy) is 1. The van der Waals surface area contributed by atoms with Crippen LogP contribution in [0.3, 0.4) is 0 Å². The van der Waals surface area contributed by atoms with E-state index in [1.165, 1.54) is 0 Å². The lowest BCUT2D eigenvalue weighted by molar-refractivity contribution is 0.398. The van der Waals surface area contributed by atoms with Crippen LogP contribution in [0.2, 0.25) is 0 Å². The van der Waals surface area contributed by atoms with Crippen LogP contribution in [0.15, 0.2) is 12.3 Å². The lowest BCUT2D eigenvalue weighted by atomic mass is 10.3. The Kier molecular flexibility index (Phi) is 2.15. The summed E-state index contributed by atoms with van der Waals surface area (Å²) in [5.74, 6) is 0.559. The quantitative estimate of drug-likeness (QED) is 0.657. The van der Waals surface area contributed by atoms with Gasteiger partial charge in [0.2, 0.25) is 5.88 Å². The number of aromatic nitrogens is 1. The van der Waals surface area contributed by atoms with Crippen LogP contribution in [0.5, 0.6) is 5.88 Å². The van der Waals surface area contributed by atoms with Gasteiger partial charge in [-0.2, -0.15) is 0 Å². The predicted molar refractivity (Wildman–Crippen MR) is 44.7 cm³/mol. The Balaban J connectivity index is 3.02. The van der Waals surface area contributed by atoms with E-state index < -0.39 is 0 Å². The molecule has 1 aromatic rings. The van der Waals surface area contributed by atoms with E-state index in [-0.39, 0.29) is 0 Å². The lowest BCUT2D eigenvalue weighted by Gasteiger charge is -2.05. The third-order valence-corrected chi connectivity index (χ3v) is 1.39. The van der Waals surface area contributed by atoms with Gasteiger partial charge >= 0.3 is 0 Å². The molecule has 0 atom stereocenters. The molecule has 0 saturated heterocycles. The van der Waals surface area contributed by atoms with Crippen molar-refractivity contribution in [2.75, 3.05) is 25.2 Å². The lowest BCUT2D eigenvalue weighted by Crippen LogP contribution is -1.97. The Hall–Kier alpha value is -1.45. The molecule has 1 heterocycles. The highest BCUT2D eigenvalue weighted by Gasteiger charge is 1.98. The molecule has 0 aliphatic carbocycles. The van der Waals surface area contributed by atoms with E-state index >= 15 is 0 Å². The Bertz CT molecular complexity index is 249. The van der Waals surface area contributed by atoms with Crippen molar-refractivity contribution < 1.29 is 4.74 Å². The number of nitrogens with one attached hydrogen (secondary N) is 1. The van der Waals surface area contributed by atoms with Crippen LogP contribution in [0, 0.1) is 0 Å². The molecule has 4 nitrogen and oxygen atoms in total. The second-order valence-electron chi connectivity index (χ2n) is 2.06. The van der Waals surface area contributed by atoms with Crippen molar-refractivity contribution in [1.82, 2.24) is 4.98 Å². The maximum atomic E-state index is 5.57. The van der Waals surface area contributed by atoms with Gasteiger partial charge in [0.25, 0.3) is 0 Å². The van der Waals surface area contributed by atoms with Crippen molar-refractivity contribution >= 4 is 11.4 Å². The van der Waals surface area contributed by atoms with E-state index in [9.17, 15) is 0 Å². The molecule has 11 heavy (non-hydrogen) atoms. The monoisotopic (exact) mass is 153 g/mol. The second kappa shape index (κ2) is 3.09. The fraction of sp³-hybridized carbons (Fsp3) is 0.286. The topological polar surface area (TPSA) is 60.2 Å². The van der Waals surface area contributed by atoms with Gasteiger partial charge in [-0.25, -0.2) is 4.98 Å². The van der Waals surface area contributed by atoms with E-state index in [4.69, 9.17) is 10.5 Å². The van der Waals surface area contributed by atoms with Gasteiger partial charge < -0.3 is 15.8 Å². The van der Waals surface area contributed by atoms with E-state index in [0.29, 0.717) is 11.6 Å². The summed E-state index contributed by atoms with van der Waals surface area (Å²) in [7, 11) is 3.36. The third-order valence-electron chi connectivity index (χ3n) is 1.39. The Morgan fingerprint density at radius 3 is 2.91 bits per heavy atom.